The van der Waals surface area contributed by atoms with E-state index in [2.05, 4.69) is 20.6 Å². The number of aryl methyl sites for hydroxylation is 2. The summed E-state index contributed by atoms with van der Waals surface area (Å²) >= 11 is 0. The van der Waals surface area contributed by atoms with Crippen LogP contribution in [0.3, 0.4) is 0 Å². The van der Waals surface area contributed by atoms with Crippen molar-refractivity contribution < 1.29 is 9.72 Å². The number of rotatable bonds is 7. The van der Waals surface area contributed by atoms with Crippen molar-refractivity contribution in [2.45, 2.75) is 34.0 Å². The Morgan fingerprint density at radius 1 is 1.03 bits per heavy atom. The van der Waals surface area contributed by atoms with Gasteiger partial charge in [-0.1, -0.05) is 24.3 Å². The van der Waals surface area contributed by atoms with E-state index in [1.165, 1.54) is 14.9 Å². The van der Waals surface area contributed by atoms with Crippen LogP contribution in [0.4, 0.5) is 11.5 Å². The van der Waals surface area contributed by atoms with Crippen LogP contribution in [0.2, 0.25) is 0 Å². The maximum atomic E-state index is 12.6. The Morgan fingerprint density at radius 2 is 1.78 bits per heavy atom. The number of aromatic nitrogens is 6. The minimum Gasteiger partial charge on any atom is -0.304 e. The van der Waals surface area contributed by atoms with Gasteiger partial charge in [0.05, 0.1) is 11.5 Å². The molecule has 1 amide bonds. The largest absolute Gasteiger partial charge is 0.312 e. The number of hydrogen-bond acceptors (Lipinski definition) is 6. The molecule has 0 aliphatic carbocycles. The lowest BCUT2D eigenvalue weighted by Crippen LogP contribution is -2.16. The topological polar surface area (TPSA) is 126 Å². The number of nitrogens with zero attached hydrogens (tertiary/aromatic N) is 7. The predicted molar refractivity (Wildman–Crippen MR) is 116 cm³/mol. The van der Waals surface area contributed by atoms with Crippen LogP contribution in [-0.4, -0.2) is 40.2 Å². The van der Waals surface area contributed by atoms with Gasteiger partial charge in [0.1, 0.15) is 18.1 Å². The van der Waals surface area contributed by atoms with E-state index >= 15 is 0 Å². The maximum absolute atomic E-state index is 12.6. The van der Waals surface area contributed by atoms with Crippen LogP contribution >= 0.6 is 0 Å². The van der Waals surface area contributed by atoms with Gasteiger partial charge in [-0.2, -0.15) is 15.3 Å². The molecule has 11 heteroatoms. The fourth-order valence-electron chi connectivity index (χ4n) is 3.45. The van der Waals surface area contributed by atoms with Crippen molar-refractivity contribution in [2.75, 3.05) is 5.32 Å². The summed E-state index contributed by atoms with van der Waals surface area (Å²) in [5.41, 5.74) is 3.27. The third kappa shape index (κ3) is 4.26. The molecule has 0 unspecified atom stereocenters. The Balaban J connectivity index is 1.42. The van der Waals surface area contributed by atoms with Gasteiger partial charge < -0.3 is 5.32 Å². The maximum Gasteiger partial charge on any atom is 0.312 e. The molecule has 0 fully saturated rings. The zero-order valence-electron chi connectivity index (χ0n) is 17.9. The summed E-state index contributed by atoms with van der Waals surface area (Å²) in [6, 6.07) is 11.3. The van der Waals surface area contributed by atoms with Gasteiger partial charge in [-0.15, -0.1) is 0 Å². The number of nitrogens with one attached hydrogen (secondary N) is 1. The molecular weight excluding hydrogens is 412 g/mol. The van der Waals surface area contributed by atoms with Gasteiger partial charge in [-0.3, -0.25) is 24.3 Å². The summed E-state index contributed by atoms with van der Waals surface area (Å²) in [7, 11) is 0. The Labute approximate surface area is 183 Å². The molecule has 0 spiro atoms. The summed E-state index contributed by atoms with van der Waals surface area (Å²) in [6.07, 6.45) is 3.42. The molecule has 4 rings (SSSR count). The Bertz CT molecular complexity index is 1300. The molecule has 0 saturated heterocycles. The highest BCUT2D eigenvalue weighted by molar-refractivity contribution is 6.02. The lowest BCUT2D eigenvalue weighted by atomic mass is 10.1. The van der Waals surface area contributed by atoms with Gasteiger partial charge in [-0.25, -0.2) is 4.68 Å². The standard InChI is InChI=1S/C21H22N8O3/c1-14-6-4-5-7-17(14)12-26-11-9-19(25-26)22-21(30)18-8-10-27(24-18)13-28-16(3)20(29(31)32)15(2)23-28/h4-11H,12-13H2,1-3H3,(H,22,25,30). The first kappa shape index (κ1) is 21.0. The smallest absolute Gasteiger partial charge is 0.304 e. The van der Waals surface area contributed by atoms with E-state index < -0.39 is 10.8 Å². The zero-order chi connectivity index (χ0) is 22.8. The van der Waals surface area contributed by atoms with Gasteiger partial charge in [0, 0.05) is 18.5 Å². The Morgan fingerprint density at radius 3 is 2.50 bits per heavy atom. The number of carbonyl (C=O) groups excluding carboxylic acids is 1. The molecule has 1 N–H and O–H groups in total. The number of hydrogen-bond donors (Lipinski definition) is 1. The molecule has 32 heavy (non-hydrogen) atoms. The van der Waals surface area contributed by atoms with Crippen molar-refractivity contribution in [3.8, 4) is 0 Å². The normalized spacial score (nSPS) is 11.0. The summed E-state index contributed by atoms with van der Waals surface area (Å²) in [5.74, 6) is 0.0246. The van der Waals surface area contributed by atoms with E-state index in [4.69, 9.17) is 0 Å². The van der Waals surface area contributed by atoms with Gasteiger partial charge in [0.2, 0.25) is 0 Å². The Hall–Kier alpha value is -4.28. The van der Waals surface area contributed by atoms with Crippen LogP contribution in [0, 0.1) is 30.9 Å². The van der Waals surface area contributed by atoms with Crippen LogP contribution in [0.15, 0.2) is 48.8 Å². The lowest BCUT2D eigenvalue weighted by Gasteiger charge is -2.05. The molecule has 0 aliphatic rings. The van der Waals surface area contributed by atoms with Gasteiger partial charge in [-0.05, 0) is 38.0 Å². The van der Waals surface area contributed by atoms with Crippen LogP contribution in [-0.2, 0) is 13.2 Å². The molecule has 164 valence electrons. The van der Waals surface area contributed by atoms with E-state index in [-0.39, 0.29) is 18.1 Å². The number of benzene rings is 1. The molecule has 4 aromatic rings. The van der Waals surface area contributed by atoms with E-state index in [9.17, 15) is 14.9 Å². The molecule has 0 bridgehead atoms. The van der Waals surface area contributed by atoms with Crippen LogP contribution in [0.25, 0.3) is 0 Å². The van der Waals surface area contributed by atoms with Crippen molar-refractivity contribution in [2.24, 2.45) is 0 Å². The number of anilines is 1. The Kier molecular flexibility index (Phi) is 5.54. The third-order valence-electron chi connectivity index (χ3n) is 5.15. The molecule has 0 radical (unpaired) electrons. The van der Waals surface area contributed by atoms with Gasteiger partial charge in [0.25, 0.3) is 5.91 Å². The second-order valence-electron chi connectivity index (χ2n) is 7.44. The summed E-state index contributed by atoms with van der Waals surface area (Å²) in [5, 5.41) is 26.7. The minimum atomic E-state index is -0.450. The molecule has 11 nitrogen and oxygen atoms in total. The van der Waals surface area contributed by atoms with Gasteiger partial charge in [0.15, 0.2) is 11.5 Å². The quantitative estimate of drug-likeness (QED) is 0.352. The van der Waals surface area contributed by atoms with Crippen molar-refractivity contribution in [1.29, 1.82) is 0 Å². The first-order valence-electron chi connectivity index (χ1n) is 9.93. The second-order valence-corrected chi connectivity index (χ2v) is 7.44. The molecule has 1 aromatic carbocycles. The average molecular weight is 434 g/mol. The molecule has 0 atom stereocenters. The summed E-state index contributed by atoms with van der Waals surface area (Å²) < 4.78 is 4.73. The number of amides is 1. The highest BCUT2D eigenvalue weighted by atomic mass is 16.6. The van der Waals surface area contributed by atoms with Crippen LogP contribution in [0.1, 0.15) is 33.0 Å². The van der Waals surface area contributed by atoms with Crippen molar-refractivity contribution in [3.05, 3.63) is 87.1 Å². The zero-order valence-corrected chi connectivity index (χ0v) is 17.9. The van der Waals surface area contributed by atoms with Crippen LogP contribution in [0.5, 0.6) is 0 Å². The van der Waals surface area contributed by atoms with E-state index in [0.29, 0.717) is 23.8 Å². The monoisotopic (exact) mass is 434 g/mol. The van der Waals surface area contributed by atoms with E-state index in [1.807, 2.05) is 31.2 Å². The molecule has 0 aliphatic heterocycles. The fourth-order valence-corrected chi connectivity index (χ4v) is 3.45. The van der Waals surface area contributed by atoms with Gasteiger partial charge >= 0.3 is 5.69 Å². The van der Waals surface area contributed by atoms with Crippen molar-refractivity contribution in [3.63, 3.8) is 0 Å². The average Bonchev–Trinajstić information content (AvgIpc) is 3.44. The lowest BCUT2D eigenvalue weighted by molar-refractivity contribution is -0.386. The summed E-state index contributed by atoms with van der Waals surface area (Å²) in [6.45, 7) is 6.01. The first-order chi connectivity index (χ1) is 15.3. The molecule has 3 heterocycles. The highest BCUT2D eigenvalue weighted by Gasteiger charge is 2.22. The molecule has 0 saturated carbocycles. The minimum absolute atomic E-state index is 0.0172. The van der Waals surface area contributed by atoms with Crippen LogP contribution < -0.4 is 5.32 Å². The molecule has 3 aromatic heterocycles. The molecular formula is C21H22N8O3. The van der Waals surface area contributed by atoms with Crippen molar-refractivity contribution >= 4 is 17.4 Å². The number of nitro groups is 1. The predicted octanol–water partition coefficient (Wildman–Crippen LogP) is 2.92. The summed E-state index contributed by atoms with van der Waals surface area (Å²) in [4.78, 5) is 23.3. The first-order valence-corrected chi connectivity index (χ1v) is 9.93. The van der Waals surface area contributed by atoms with E-state index in [0.717, 1.165) is 5.56 Å². The van der Waals surface area contributed by atoms with E-state index in [1.54, 1.807) is 43.1 Å². The third-order valence-corrected chi connectivity index (χ3v) is 5.15. The SMILES string of the molecule is Cc1ccccc1Cn1ccc(NC(=O)c2ccn(Cn3nc(C)c([N+](=O)[O-])c3C)n2)n1. The number of carbonyl (C=O) groups is 1. The van der Waals surface area contributed by atoms with Crippen molar-refractivity contribution in [1.82, 2.24) is 29.3 Å². The highest BCUT2D eigenvalue weighted by Crippen LogP contribution is 2.21. The second kappa shape index (κ2) is 8.46. The fraction of sp³-hybridized carbons (Fsp3) is 0.238.